The minimum atomic E-state index is -0.410. The molecule has 2 aliphatic heterocycles. The van der Waals surface area contributed by atoms with Crippen LogP contribution in [-0.2, 0) is 18.9 Å². The molecular formula is C28H28N6O3S2. The Bertz CT molecular complexity index is 1700. The van der Waals surface area contributed by atoms with Crippen molar-refractivity contribution in [3.05, 3.63) is 78.3 Å². The number of hydrogen-bond donors (Lipinski definition) is 0. The smallest absolute Gasteiger partial charge is 0.296 e. The lowest BCUT2D eigenvalue weighted by Gasteiger charge is -2.32. The van der Waals surface area contributed by atoms with Crippen molar-refractivity contribution < 1.29 is 4.79 Å². The molecule has 2 fully saturated rings. The Morgan fingerprint density at radius 2 is 1.67 bits per heavy atom. The number of carbonyl (C=O) groups is 1. The van der Waals surface area contributed by atoms with Crippen LogP contribution in [0.4, 0.5) is 11.5 Å². The average molecular weight is 561 g/mol. The summed E-state index contributed by atoms with van der Waals surface area (Å²) in [7, 11) is 3.43. The zero-order valence-corrected chi connectivity index (χ0v) is 23.9. The molecule has 0 N–H and O–H groups in total. The minimum Gasteiger partial charge on any atom is -0.357 e. The zero-order valence-electron chi connectivity index (χ0n) is 22.2. The van der Waals surface area contributed by atoms with Crippen molar-refractivity contribution >= 4 is 51.8 Å². The number of anilines is 2. The van der Waals surface area contributed by atoms with E-state index in [0.29, 0.717) is 33.2 Å². The quantitative estimate of drug-likeness (QED) is 0.354. The van der Waals surface area contributed by atoms with Gasteiger partial charge in [-0.2, -0.15) is 5.26 Å². The molecule has 0 radical (unpaired) electrons. The molecule has 2 aromatic heterocycles. The summed E-state index contributed by atoms with van der Waals surface area (Å²) in [6.07, 6.45) is 4.82. The van der Waals surface area contributed by atoms with Crippen molar-refractivity contribution in [3.8, 4) is 11.8 Å². The van der Waals surface area contributed by atoms with Crippen LogP contribution in [0.5, 0.6) is 0 Å². The van der Waals surface area contributed by atoms with E-state index in [1.54, 1.807) is 38.7 Å². The molecule has 0 bridgehead atoms. The average Bonchev–Trinajstić information content (AvgIpc) is 3.33. The highest BCUT2D eigenvalue weighted by Gasteiger charge is 2.38. The van der Waals surface area contributed by atoms with E-state index >= 15 is 0 Å². The van der Waals surface area contributed by atoms with Crippen LogP contribution >= 0.6 is 24.0 Å². The van der Waals surface area contributed by atoms with Crippen LogP contribution in [0.2, 0.25) is 0 Å². The molecule has 11 heteroatoms. The first-order valence-corrected chi connectivity index (χ1v) is 13.9. The van der Waals surface area contributed by atoms with Gasteiger partial charge in [-0.05, 0) is 56.9 Å². The maximum absolute atomic E-state index is 13.8. The summed E-state index contributed by atoms with van der Waals surface area (Å²) >= 11 is 6.73. The molecule has 0 atom stereocenters. The van der Waals surface area contributed by atoms with Crippen molar-refractivity contribution in [3.63, 3.8) is 0 Å². The van der Waals surface area contributed by atoms with Gasteiger partial charge in [0.1, 0.15) is 23.1 Å². The molecule has 1 amide bonds. The van der Waals surface area contributed by atoms with Gasteiger partial charge in [0.05, 0.1) is 16.3 Å². The van der Waals surface area contributed by atoms with Crippen LogP contribution in [-0.4, -0.2) is 37.2 Å². The van der Waals surface area contributed by atoms with Gasteiger partial charge in [0.25, 0.3) is 17.0 Å². The van der Waals surface area contributed by atoms with Crippen molar-refractivity contribution in [1.82, 2.24) is 13.9 Å². The molecule has 0 saturated carbocycles. The van der Waals surface area contributed by atoms with Crippen molar-refractivity contribution in [2.45, 2.75) is 33.1 Å². The number of nitriles is 1. The summed E-state index contributed by atoms with van der Waals surface area (Å²) in [5.74, 6) is 0.274. The number of carbonyl (C=O) groups excluding carboxylic acids is 1. The topological polar surface area (TPSA) is 96.3 Å². The SMILES string of the molecule is Cc1c(C=C2SC(=S)N(c3c(C)n(C)n(-c4ccccc4)c3=O)C2=O)c(N2CCCCC2)n(C)c(=O)c1C#N. The Morgan fingerprint density at radius 1 is 1.00 bits per heavy atom. The summed E-state index contributed by atoms with van der Waals surface area (Å²) in [4.78, 5) is 44.2. The fourth-order valence-corrected chi connectivity index (χ4v) is 6.56. The molecule has 0 aliphatic carbocycles. The third-order valence-corrected chi connectivity index (χ3v) is 8.74. The van der Waals surface area contributed by atoms with Gasteiger partial charge in [0.2, 0.25) is 0 Å². The van der Waals surface area contributed by atoms with E-state index in [9.17, 15) is 19.6 Å². The number of hydrogen-bond acceptors (Lipinski definition) is 7. The number of amides is 1. The number of rotatable bonds is 4. The van der Waals surface area contributed by atoms with E-state index in [4.69, 9.17) is 12.2 Å². The number of pyridine rings is 1. The van der Waals surface area contributed by atoms with Crippen molar-refractivity contribution in [1.29, 1.82) is 5.26 Å². The van der Waals surface area contributed by atoms with E-state index in [1.165, 1.54) is 14.1 Å². The standard InChI is InChI=1S/C28H28N6O3S2/c1-17-20(24(32-13-9-6-10-14-32)30(3)25(35)21(17)16-29)15-22-26(36)33(28(38)39-22)23-18(2)31(4)34(27(23)37)19-11-7-5-8-12-19/h5,7-8,11-12,15H,6,9-10,13-14H2,1-4H3. The van der Waals surface area contributed by atoms with Gasteiger partial charge in [0, 0.05) is 32.7 Å². The number of para-hydroxylation sites is 1. The number of nitrogens with zero attached hydrogens (tertiary/aromatic N) is 6. The molecule has 3 aromatic rings. The Labute approximate surface area is 235 Å². The summed E-state index contributed by atoms with van der Waals surface area (Å²) in [6.45, 7) is 5.08. The molecule has 2 aliphatic rings. The second kappa shape index (κ2) is 10.4. The Morgan fingerprint density at radius 3 is 2.31 bits per heavy atom. The second-order valence-corrected chi connectivity index (χ2v) is 11.4. The maximum Gasteiger partial charge on any atom is 0.296 e. The maximum atomic E-state index is 13.8. The number of benzene rings is 1. The van der Waals surface area contributed by atoms with Gasteiger partial charge in [-0.3, -0.25) is 28.5 Å². The van der Waals surface area contributed by atoms with Crippen LogP contribution in [0.25, 0.3) is 11.8 Å². The van der Waals surface area contributed by atoms with Crippen LogP contribution in [0.3, 0.4) is 0 Å². The van der Waals surface area contributed by atoms with Gasteiger partial charge >= 0.3 is 0 Å². The van der Waals surface area contributed by atoms with Crippen LogP contribution in [0, 0.1) is 25.2 Å². The first-order chi connectivity index (χ1) is 18.7. The first kappa shape index (κ1) is 26.7. The lowest BCUT2D eigenvalue weighted by Crippen LogP contribution is -2.36. The third-order valence-electron chi connectivity index (χ3n) is 7.44. The van der Waals surface area contributed by atoms with E-state index in [0.717, 1.165) is 44.1 Å². The second-order valence-electron chi connectivity index (χ2n) is 9.69. The van der Waals surface area contributed by atoms with Gasteiger partial charge in [0.15, 0.2) is 4.32 Å². The van der Waals surface area contributed by atoms with E-state index in [1.807, 2.05) is 36.4 Å². The fourth-order valence-electron chi connectivity index (χ4n) is 5.30. The molecule has 0 spiro atoms. The lowest BCUT2D eigenvalue weighted by molar-refractivity contribution is -0.113. The third kappa shape index (κ3) is 4.33. The van der Waals surface area contributed by atoms with Crippen molar-refractivity contribution in [2.75, 3.05) is 22.9 Å². The molecule has 4 heterocycles. The number of aromatic nitrogens is 3. The number of thiocarbonyl (C=S) groups is 1. The van der Waals surface area contributed by atoms with Crippen LogP contribution < -0.4 is 20.9 Å². The molecule has 9 nitrogen and oxygen atoms in total. The Hall–Kier alpha value is -3.88. The number of thioether (sulfide) groups is 1. The molecule has 2 saturated heterocycles. The highest BCUT2D eigenvalue weighted by molar-refractivity contribution is 8.27. The summed E-state index contributed by atoms with van der Waals surface area (Å²) in [5.41, 5.74) is 1.98. The van der Waals surface area contributed by atoms with E-state index in [2.05, 4.69) is 4.90 Å². The predicted octanol–water partition coefficient (Wildman–Crippen LogP) is 3.76. The largest absolute Gasteiger partial charge is 0.357 e. The number of piperidine rings is 1. The van der Waals surface area contributed by atoms with Crippen LogP contribution in [0.1, 0.15) is 41.6 Å². The zero-order chi connectivity index (χ0) is 28.0. The summed E-state index contributed by atoms with van der Waals surface area (Å²) in [5, 5.41) is 9.74. The molecule has 0 unspecified atom stereocenters. The molecular weight excluding hydrogens is 532 g/mol. The Balaban J connectivity index is 1.64. The highest BCUT2D eigenvalue weighted by atomic mass is 32.2. The van der Waals surface area contributed by atoms with Gasteiger partial charge in [-0.25, -0.2) is 4.68 Å². The molecule has 200 valence electrons. The van der Waals surface area contributed by atoms with Gasteiger partial charge in [-0.15, -0.1) is 0 Å². The predicted molar refractivity (Wildman–Crippen MR) is 159 cm³/mol. The molecule has 1 aromatic carbocycles. The fraction of sp³-hybridized carbons (Fsp3) is 0.321. The van der Waals surface area contributed by atoms with Gasteiger partial charge in [-0.1, -0.05) is 42.2 Å². The van der Waals surface area contributed by atoms with Crippen molar-refractivity contribution in [2.24, 2.45) is 14.1 Å². The lowest BCUT2D eigenvalue weighted by atomic mass is 10.0. The Kier molecular flexibility index (Phi) is 7.09. The van der Waals surface area contributed by atoms with Gasteiger partial charge < -0.3 is 4.90 Å². The summed E-state index contributed by atoms with van der Waals surface area (Å²) < 4.78 is 4.97. The monoisotopic (exact) mass is 560 g/mol. The normalized spacial score (nSPS) is 16.8. The van der Waals surface area contributed by atoms with Crippen LogP contribution in [0.15, 0.2) is 44.8 Å². The highest BCUT2D eigenvalue weighted by Crippen LogP contribution is 2.38. The minimum absolute atomic E-state index is 0.0460. The molecule has 5 rings (SSSR count). The van der Waals surface area contributed by atoms with E-state index in [-0.39, 0.29) is 26.7 Å². The first-order valence-electron chi connectivity index (χ1n) is 12.7. The molecule has 39 heavy (non-hydrogen) atoms. The van der Waals surface area contributed by atoms with E-state index < -0.39 is 5.91 Å². The summed E-state index contributed by atoms with van der Waals surface area (Å²) in [6, 6.07) is 11.2.